The molecule has 1 saturated heterocycles. The smallest absolute Gasteiger partial charge is 0.235 e. The van der Waals surface area contributed by atoms with E-state index in [2.05, 4.69) is 23.6 Å². The van der Waals surface area contributed by atoms with E-state index in [-0.39, 0.29) is 17.1 Å². The number of hydrogen-bond donors (Lipinski definition) is 1. The van der Waals surface area contributed by atoms with Crippen molar-refractivity contribution in [3.63, 3.8) is 0 Å². The lowest BCUT2D eigenvalue weighted by molar-refractivity contribution is -0.131. The normalized spacial score (nSPS) is 17.0. The molecule has 0 radical (unpaired) electrons. The van der Waals surface area contributed by atoms with E-state index >= 15 is 0 Å². The highest BCUT2D eigenvalue weighted by Gasteiger charge is 2.27. The zero-order chi connectivity index (χ0) is 15.4. The Morgan fingerprint density at radius 1 is 1.19 bits per heavy atom. The van der Waals surface area contributed by atoms with E-state index in [9.17, 15) is 4.79 Å². The Labute approximate surface area is 132 Å². The Kier molecular flexibility index (Phi) is 5.39. The molecule has 1 heterocycles. The molecule has 0 spiro atoms. The molecule has 1 atom stereocenters. The summed E-state index contributed by atoms with van der Waals surface area (Å²) in [5, 5.41) is -0.206. The van der Waals surface area contributed by atoms with Gasteiger partial charge in [-0.2, -0.15) is 12.6 Å². The Hall–Kier alpha value is -1.36. The first-order chi connectivity index (χ1) is 10.0. The molecule has 116 valence electrons. The molecule has 1 aliphatic rings. The van der Waals surface area contributed by atoms with Crippen molar-refractivity contribution < 1.29 is 9.53 Å². The second kappa shape index (κ2) is 7.07. The van der Waals surface area contributed by atoms with Crippen LogP contribution in [-0.2, 0) is 4.79 Å². The maximum absolute atomic E-state index is 12.3. The molecule has 0 bridgehead atoms. The van der Waals surface area contributed by atoms with E-state index < -0.39 is 0 Å². The maximum atomic E-state index is 12.3. The highest BCUT2D eigenvalue weighted by molar-refractivity contribution is 7.81. The average Bonchev–Trinajstić information content (AvgIpc) is 2.53. The van der Waals surface area contributed by atoms with Gasteiger partial charge in [0.1, 0.15) is 5.75 Å². The van der Waals surface area contributed by atoms with Crippen LogP contribution in [0.3, 0.4) is 0 Å². The predicted octanol–water partition coefficient (Wildman–Crippen LogP) is 2.30. The van der Waals surface area contributed by atoms with Gasteiger partial charge in [0.2, 0.25) is 5.91 Å². The molecule has 1 fully saturated rings. The van der Waals surface area contributed by atoms with Crippen molar-refractivity contribution in [1.29, 1.82) is 0 Å². The Morgan fingerprint density at radius 2 is 1.81 bits per heavy atom. The van der Waals surface area contributed by atoms with E-state index in [4.69, 9.17) is 4.74 Å². The Bertz CT molecular complexity index is 485. The summed E-state index contributed by atoms with van der Waals surface area (Å²) in [5.74, 6) is 1.28. The summed E-state index contributed by atoms with van der Waals surface area (Å²) in [5.41, 5.74) is 1.10. The van der Waals surface area contributed by atoms with Gasteiger partial charge in [-0.1, -0.05) is 26.0 Å². The van der Waals surface area contributed by atoms with Gasteiger partial charge in [-0.05, 0) is 18.1 Å². The summed E-state index contributed by atoms with van der Waals surface area (Å²) < 4.78 is 5.41. The van der Waals surface area contributed by atoms with Gasteiger partial charge in [-0.25, -0.2) is 0 Å². The fraction of sp³-hybridized carbons (Fsp3) is 0.562. The molecule has 0 aromatic heterocycles. The SMILES string of the molecule is COc1ccccc1N1CCN(C(=O)C(S)C(C)C)CC1. The fourth-order valence-corrected chi connectivity index (χ4v) is 2.69. The van der Waals surface area contributed by atoms with Crippen LogP contribution in [0.4, 0.5) is 5.69 Å². The molecule has 1 aromatic rings. The third-order valence-electron chi connectivity index (χ3n) is 3.90. The second-order valence-electron chi connectivity index (χ2n) is 5.67. The number of thiol groups is 1. The fourth-order valence-electron chi connectivity index (χ4n) is 2.53. The number of carbonyl (C=O) groups excluding carboxylic acids is 1. The lowest BCUT2D eigenvalue weighted by Crippen LogP contribution is -2.51. The van der Waals surface area contributed by atoms with Gasteiger partial charge >= 0.3 is 0 Å². The number of amides is 1. The van der Waals surface area contributed by atoms with Gasteiger partial charge in [0.05, 0.1) is 18.0 Å². The van der Waals surface area contributed by atoms with Crippen molar-refractivity contribution in [2.24, 2.45) is 5.92 Å². The predicted molar refractivity (Wildman–Crippen MR) is 89.4 cm³/mol. The maximum Gasteiger partial charge on any atom is 0.235 e. The van der Waals surface area contributed by atoms with Crippen LogP contribution in [0.5, 0.6) is 5.75 Å². The topological polar surface area (TPSA) is 32.8 Å². The Morgan fingerprint density at radius 3 is 2.38 bits per heavy atom. The number of hydrogen-bond acceptors (Lipinski definition) is 4. The van der Waals surface area contributed by atoms with Crippen LogP contribution in [-0.4, -0.2) is 49.3 Å². The first-order valence-electron chi connectivity index (χ1n) is 7.39. The van der Waals surface area contributed by atoms with Crippen molar-refractivity contribution in [3.8, 4) is 5.75 Å². The van der Waals surface area contributed by atoms with Crippen molar-refractivity contribution >= 4 is 24.2 Å². The molecule has 1 unspecified atom stereocenters. The van der Waals surface area contributed by atoms with Crippen LogP contribution in [0.1, 0.15) is 13.8 Å². The van der Waals surface area contributed by atoms with E-state index in [1.807, 2.05) is 36.9 Å². The standard InChI is InChI=1S/C16H24N2O2S/c1-12(2)15(21)16(19)18-10-8-17(9-11-18)13-6-4-5-7-14(13)20-3/h4-7,12,15,21H,8-11H2,1-3H3. The molecular formula is C16H24N2O2S. The summed E-state index contributed by atoms with van der Waals surface area (Å²) >= 11 is 4.43. The van der Waals surface area contributed by atoms with Crippen LogP contribution < -0.4 is 9.64 Å². The quantitative estimate of drug-likeness (QED) is 0.867. The largest absolute Gasteiger partial charge is 0.495 e. The number of piperazine rings is 1. The van der Waals surface area contributed by atoms with Crippen LogP contribution in [0.2, 0.25) is 0 Å². The van der Waals surface area contributed by atoms with E-state index in [0.717, 1.165) is 37.6 Å². The molecule has 1 aliphatic heterocycles. The van der Waals surface area contributed by atoms with Crippen molar-refractivity contribution in [1.82, 2.24) is 4.90 Å². The van der Waals surface area contributed by atoms with Gasteiger partial charge in [0, 0.05) is 26.2 Å². The molecule has 0 aliphatic carbocycles. The Balaban J connectivity index is 1.99. The third kappa shape index (κ3) is 3.64. The molecule has 2 rings (SSSR count). The molecular weight excluding hydrogens is 284 g/mol. The van der Waals surface area contributed by atoms with Crippen LogP contribution in [0.15, 0.2) is 24.3 Å². The van der Waals surface area contributed by atoms with Gasteiger partial charge < -0.3 is 14.5 Å². The van der Waals surface area contributed by atoms with Crippen LogP contribution >= 0.6 is 12.6 Å². The first kappa shape index (κ1) is 16.0. The highest BCUT2D eigenvalue weighted by Crippen LogP contribution is 2.28. The molecule has 1 aromatic carbocycles. The molecule has 1 amide bonds. The highest BCUT2D eigenvalue weighted by atomic mass is 32.1. The summed E-state index contributed by atoms with van der Waals surface area (Å²) in [7, 11) is 1.69. The van der Waals surface area contributed by atoms with E-state index in [1.54, 1.807) is 7.11 Å². The number of anilines is 1. The number of nitrogens with zero attached hydrogens (tertiary/aromatic N) is 2. The number of rotatable bonds is 4. The zero-order valence-electron chi connectivity index (χ0n) is 13.0. The monoisotopic (exact) mass is 308 g/mol. The molecule has 0 N–H and O–H groups in total. The zero-order valence-corrected chi connectivity index (χ0v) is 13.8. The number of carbonyl (C=O) groups is 1. The molecule has 21 heavy (non-hydrogen) atoms. The minimum atomic E-state index is -0.206. The lowest BCUT2D eigenvalue weighted by atomic mass is 10.1. The van der Waals surface area contributed by atoms with Gasteiger partial charge in [-0.15, -0.1) is 0 Å². The summed E-state index contributed by atoms with van der Waals surface area (Å²) in [6.07, 6.45) is 0. The summed E-state index contributed by atoms with van der Waals surface area (Å²) in [6, 6.07) is 8.01. The van der Waals surface area contributed by atoms with Gasteiger partial charge in [0.15, 0.2) is 0 Å². The number of methoxy groups -OCH3 is 1. The third-order valence-corrected chi connectivity index (χ3v) is 4.72. The van der Waals surface area contributed by atoms with E-state index in [0.29, 0.717) is 0 Å². The molecule has 4 nitrogen and oxygen atoms in total. The lowest BCUT2D eigenvalue weighted by Gasteiger charge is -2.37. The average molecular weight is 308 g/mol. The van der Waals surface area contributed by atoms with Crippen LogP contribution in [0.25, 0.3) is 0 Å². The van der Waals surface area contributed by atoms with Gasteiger partial charge in [0.25, 0.3) is 0 Å². The number of benzene rings is 1. The summed E-state index contributed by atoms with van der Waals surface area (Å²) in [6.45, 7) is 7.18. The second-order valence-corrected chi connectivity index (χ2v) is 6.23. The number of para-hydroxylation sites is 2. The summed E-state index contributed by atoms with van der Waals surface area (Å²) in [4.78, 5) is 16.5. The van der Waals surface area contributed by atoms with Gasteiger partial charge in [-0.3, -0.25) is 4.79 Å². The van der Waals surface area contributed by atoms with Crippen molar-refractivity contribution in [2.75, 3.05) is 38.2 Å². The minimum Gasteiger partial charge on any atom is -0.495 e. The van der Waals surface area contributed by atoms with Crippen molar-refractivity contribution in [2.45, 2.75) is 19.1 Å². The number of ether oxygens (including phenoxy) is 1. The minimum absolute atomic E-state index is 0.146. The van der Waals surface area contributed by atoms with Crippen molar-refractivity contribution in [3.05, 3.63) is 24.3 Å². The van der Waals surface area contributed by atoms with E-state index in [1.165, 1.54) is 0 Å². The van der Waals surface area contributed by atoms with Crippen LogP contribution in [0, 0.1) is 5.92 Å². The molecule has 5 heteroatoms. The molecule has 0 saturated carbocycles. The first-order valence-corrected chi connectivity index (χ1v) is 7.91.